The molecule has 4 aliphatic rings. The standard InChI is InChI=1S/C34H41N7O6S/c1-40-25(12-14-35-40)29-37-23-13-15-48-28(23)31(38-29)47-22-17-26-30(43)39-34(33(45)46-2)18-21(34)8-6-4-3-5-7-9-24(32(44)41(26)19-22)36-27(42)16-20-10-11-20/h6,8,12-15,20-22,24,26H,3-5,7,9-11,16-19H2,1-2H3,(H,36,42)(H,39,43)/b8-6-/t21-,22-,24+,26+,34-/m1/s1. The number of esters is 1. The van der Waals surface area contributed by atoms with Crippen molar-refractivity contribution in [3.63, 3.8) is 0 Å². The number of carbonyl (C=O) groups is 4. The van der Waals surface area contributed by atoms with Crippen LogP contribution in [0.1, 0.15) is 64.2 Å². The third-order valence-corrected chi connectivity index (χ3v) is 10.8. The maximum Gasteiger partial charge on any atom is 0.332 e. The van der Waals surface area contributed by atoms with E-state index in [9.17, 15) is 19.2 Å². The molecule has 254 valence electrons. The molecule has 2 N–H and O–H groups in total. The fraction of sp³-hybridized carbons (Fsp3) is 0.559. The van der Waals surface area contributed by atoms with E-state index in [2.05, 4.69) is 21.8 Å². The molecule has 0 unspecified atom stereocenters. The van der Waals surface area contributed by atoms with Gasteiger partial charge in [-0.15, -0.1) is 11.3 Å². The molecule has 2 aliphatic carbocycles. The quantitative estimate of drug-likeness (QED) is 0.283. The number of thiophene rings is 1. The number of nitrogens with one attached hydrogen (secondary N) is 2. The monoisotopic (exact) mass is 675 g/mol. The number of hydrogen-bond donors (Lipinski definition) is 2. The van der Waals surface area contributed by atoms with Gasteiger partial charge in [0.25, 0.3) is 0 Å². The topological polar surface area (TPSA) is 158 Å². The first-order valence-electron chi connectivity index (χ1n) is 16.8. The minimum absolute atomic E-state index is 0.110. The lowest BCUT2D eigenvalue weighted by atomic mass is 10.0. The Kier molecular flexibility index (Phi) is 8.92. The lowest BCUT2D eigenvalue weighted by Crippen LogP contribution is -2.56. The van der Waals surface area contributed by atoms with Gasteiger partial charge in [0.2, 0.25) is 23.6 Å². The minimum Gasteiger partial charge on any atom is -0.471 e. The van der Waals surface area contributed by atoms with Crippen LogP contribution in [0.5, 0.6) is 5.88 Å². The molecule has 0 radical (unpaired) electrons. The average molecular weight is 676 g/mol. The zero-order chi connectivity index (χ0) is 33.4. The van der Waals surface area contributed by atoms with Crippen LogP contribution in [0.3, 0.4) is 0 Å². The Balaban J connectivity index is 1.19. The molecule has 0 spiro atoms. The number of aromatic nitrogens is 4. The lowest BCUT2D eigenvalue weighted by Gasteiger charge is -2.29. The van der Waals surface area contributed by atoms with Gasteiger partial charge in [0.15, 0.2) is 5.82 Å². The summed E-state index contributed by atoms with van der Waals surface area (Å²) in [5.41, 5.74) is 0.253. The zero-order valence-corrected chi connectivity index (χ0v) is 28.0. The second-order valence-electron chi connectivity index (χ2n) is 13.4. The van der Waals surface area contributed by atoms with Crippen LogP contribution < -0.4 is 15.4 Å². The summed E-state index contributed by atoms with van der Waals surface area (Å²) in [6.45, 7) is 0.110. The van der Waals surface area contributed by atoms with Gasteiger partial charge in [-0.1, -0.05) is 25.0 Å². The van der Waals surface area contributed by atoms with E-state index in [0.717, 1.165) is 43.2 Å². The van der Waals surface area contributed by atoms with Crippen LogP contribution in [0.2, 0.25) is 0 Å². The average Bonchev–Trinajstić information content (AvgIpc) is 3.79. The number of carbonyl (C=O) groups excluding carboxylic acids is 4. The van der Waals surface area contributed by atoms with Crippen molar-refractivity contribution >= 4 is 45.2 Å². The summed E-state index contributed by atoms with van der Waals surface area (Å²) in [6, 6.07) is 2.01. The SMILES string of the molecule is COC(=O)[C@@]12C[C@H]1/C=C\CCCCC[C@H](NC(=O)CC1CC1)C(=O)N1C[C@H](Oc3nc(-c4ccnn4C)nc4ccsc34)C[C@H]1C(=O)N2. The molecule has 3 aromatic heterocycles. The predicted molar refractivity (Wildman–Crippen MR) is 177 cm³/mol. The van der Waals surface area contributed by atoms with Crippen molar-refractivity contribution in [1.82, 2.24) is 35.3 Å². The van der Waals surface area contributed by atoms with Crippen LogP contribution >= 0.6 is 11.3 Å². The third-order valence-electron chi connectivity index (χ3n) is 9.90. The van der Waals surface area contributed by atoms with Crippen LogP contribution in [-0.2, 0) is 31.0 Å². The van der Waals surface area contributed by atoms with Crippen LogP contribution in [0.25, 0.3) is 21.7 Å². The highest BCUT2D eigenvalue weighted by Gasteiger charge is 2.62. The third kappa shape index (κ3) is 6.54. The molecule has 14 heteroatoms. The van der Waals surface area contributed by atoms with Crippen molar-refractivity contribution in [2.24, 2.45) is 18.9 Å². The van der Waals surface area contributed by atoms with E-state index in [-0.39, 0.29) is 30.7 Å². The minimum atomic E-state index is -1.18. The van der Waals surface area contributed by atoms with Gasteiger partial charge >= 0.3 is 5.97 Å². The number of aryl methyl sites for hydroxylation is 1. The number of hydrogen-bond acceptors (Lipinski definition) is 10. The normalized spacial score (nSPS) is 28.4. The van der Waals surface area contributed by atoms with E-state index >= 15 is 0 Å². The Morgan fingerprint density at radius 1 is 1.15 bits per heavy atom. The highest BCUT2D eigenvalue weighted by atomic mass is 32.1. The molecule has 2 saturated carbocycles. The zero-order valence-electron chi connectivity index (χ0n) is 27.2. The summed E-state index contributed by atoms with van der Waals surface area (Å²) in [7, 11) is 3.12. The lowest BCUT2D eigenvalue weighted by molar-refractivity contribution is -0.148. The molecule has 0 aromatic carbocycles. The van der Waals surface area contributed by atoms with Gasteiger partial charge in [0.05, 0.1) is 19.2 Å². The van der Waals surface area contributed by atoms with E-state index in [0.29, 0.717) is 48.1 Å². The summed E-state index contributed by atoms with van der Waals surface area (Å²) >= 11 is 1.45. The fourth-order valence-electron chi connectivity index (χ4n) is 6.94. The van der Waals surface area contributed by atoms with Crippen molar-refractivity contribution in [2.75, 3.05) is 13.7 Å². The van der Waals surface area contributed by atoms with Gasteiger partial charge in [-0.2, -0.15) is 10.1 Å². The summed E-state index contributed by atoms with van der Waals surface area (Å²) in [6.07, 6.45) is 12.0. The molecule has 7 rings (SSSR count). The first-order valence-corrected chi connectivity index (χ1v) is 17.7. The molecule has 48 heavy (non-hydrogen) atoms. The number of methoxy groups -OCH3 is 1. The molecule has 1 saturated heterocycles. The smallest absolute Gasteiger partial charge is 0.332 e. The molecule has 3 fully saturated rings. The number of rotatable bonds is 7. The number of fused-ring (bicyclic) bond motifs is 3. The number of amides is 3. The molecular formula is C34H41N7O6S. The van der Waals surface area contributed by atoms with Crippen molar-refractivity contribution in [2.45, 2.75) is 87.9 Å². The number of nitrogens with zero attached hydrogens (tertiary/aromatic N) is 5. The van der Waals surface area contributed by atoms with Crippen LogP contribution in [-0.4, -0.2) is 85.7 Å². The summed E-state index contributed by atoms with van der Waals surface area (Å²) < 4.78 is 14.1. The molecule has 5 atom stereocenters. The first-order chi connectivity index (χ1) is 23.3. The van der Waals surface area contributed by atoms with Crippen molar-refractivity contribution in [3.8, 4) is 17.4 Å². The van der Waals surface area contributed by atoms with E-state index < -0.39 is 35.6 Å². The predicted octanol–water partition coefficient (Wildman–Crippen LogP) is 3.29. The second kappa shape index (κ2) is 13.3. The maximum atomic E-state index is 14.4. The van der Waals surface area contributed by atoms with Gasteiger partial charge < -0.3 is 25.0 Å². The Labute approximate surface area is 282 Å². The molecular weight excluding hydrogens is 634 g/mol. The Morgan fingerprint density at radius 2 is 2.00 bits per heavy atom. The summed E-state index contributed by atoms with van der Waals surface area (Å²) in [5, 5.41) is 12.1. The van der Waals surface area contributed by atoms with Crippen molar-refractivity contribution < 1.29 is 28.7 Å². The molecule has 13 nitrogen and oxygen atoms in total. The van der Waals surface area contributed by atoms with E-state index in [4.69, 9.17) is 19.4 Å². The molecule has 2 aliphatic heterocycles. The first kappa shape index (κ1) is 32.2. The molecule has 3 aromatic rings. The highest BCUT2D eigenvalue weighted by Crippen LogP contribution is 2.46. The summed E-state index contributed by atoms with van der Waals surface area (Å²) in [5.74, 6) is -0.429. The van der Waals surface area contributed by atoms with E-state index in [1.54, 1.807) is 10.9 Å². The van der Waals surface area contributed by atoms with Crippen molar-refractivity contribution in [3.05, 3.63) is 35.9 Å². The Bertz CT molecular complexity index is 1750. The van der Waals surface area contributed by atoms with Gasteiger partial charge in [0, 0.05) is 32.0 Å². The van der Waals surface area contributed by atoms with Crippen molar-refractivity contribution in [1.29, 1.82) is 0 Å². The molecule has 5 heterocycles. The van der Waals surface area contributed by atoms with Crippen LogP contribution in [0, 0.1) is 11.8 Å². The van der Waals surface area contributed by atoms with Gasteiger partial charge in [0.1, 0.15) is 34.1 Å². The Morgan fingerprint density at radius 3 is 2.77 bits per heavy atom. The maximum absolute atomic E-state index is 14.4. The molecule has 0 bridgehead atoms. The second-order valence-corrected chi connectivity index (χ2v) is 14.3. The number of ether oxygens (including phenoxy) is 2. The largest absolute Gasteiger partial charge is 0.471 e. The van der Waals surface area contributed by atoms with Gasteiger partial charge in [-0.05, 0) is 62.0 Å². The van der Waals surface area contributed by atoms with E-state index in [1.165, 1.54) is 23.3 Å². The summed E-state index contributed by atoms with van der Waals surface area (Å²) in [4.78, 5) is 65.5. The molecule has 3 amide bonds. The number of allylic oxidation sites excluding steroid dienone is 1. The van der Waals surface area contributed by atoms with E-state index in [1.807, 2.05) is 30.6 Å². The van der Waals surface area contributed by atoms with Gasteiger partial charge in [-0.25, -0.2) is 9.78 Å². The van der Waals surface area contributed by atoms with Crippen LogP contribution in [0.4, 0.5) is 0 Å². The van der Waals surface area contributed by atoms with Crippen LogP contribution in [0.15, 0.2) is 35.9 Å². The fourth-order valence-corrected chi connectivity index (χ4v) is 7.70. The van der Waals surface area contributed by atoms with Gasteiger partial charge in [-0.3, -0.25) is 19.1 Å². The Hall–Kier alpha value is -4.33. The highest BCUT2D eigenvalue weighted by molar-refractivity contribution is 7.17.